The molecule has 0 saturated heterocycles. The number of rotatable bonds is 10. The Labute approximate surface area is 278 Å². The van der Waals surface area contributed by atoms with E-state index in [0.29, 0.717) is 12.2 Å². The van der Waals surface area contributed by atoms with Crippen molar-refractivity contribution < 1.29 is 9.18 Å². The first-order chi connectivity index (χ1) is 22.8. The Morgan fingerprint density at radius 2 is 1.60 bits per heavy atom. The van der Waals surface area contributed by atoms with Crippen LogP contribution in [-0.4, -0.2) is 52.2 Å². The van der Waals surface area contributed by atoms with E-state index in [1.54, 1.807) is 30.1 Å². The number of carbonyl (C=O) groups is 1. The van der Waals surface area contributed by atoms with Gasteiger partial charge in [0.05, 0.1) is 22.8 Å². The summed E-state index contributed by atoms with van der Waals surface area (Å²) in [5, 5.41) is 16.4. The SMILES string of the molecule is CSc1nc(-c2ccc(F)cc2)c(-c2ccnc(Nc3ccc4c(c3)CCc3cc(NC(=O)CCCN(C)C)ccc3N=N4)c2)n1C. The van der Waals surface area contributed by atoms with Crippen molar-refractivity contribution in [1.82, 2.24) is 19.4 Å². The average Bonchev–Trinajstić information content (AvgIpc) is 3.39. The van der Waals surface area contributed by atoms with Gasteiger partial charge in [0.1, 0.15) is 11.6 Å². The predicted octanol–water partition coefficient (Wildman–Crippen LogP) is 8.55. The molecule has 47 heavy (non-hydrogen) atoms. The molecule has 1 amide bonds. The van der Waals surface area contributed by atoms with Crippen molar-refractivity contribution in [1.29, 1.82) is 0 Å². The van der Waals surface area contributed by atoms with Crippen LogP contribution in [0.25, 0.3) is 22.5 Å². The van der Waals surface area contributed by atoms with E-state index in [-0.39, 0.29) is 11.7 Å². The molecule has 9 nitrogen and oxygen atoms in total. The lowest BCUT2D eigenvalue weighted by Crippen LogP contribution is -2.17. The van der Waals surface area contributed by atoms with Gasteiger partial charge in [-0.1, -0.05) is 11.8 Å². The Morgan fingerprint density at radius 3 is 2.28 bits per heavy atom. The Balaban J connectivity index is 1.20. The summed E-state index contributed by atoms with van der Waals surface area (Å²) in [6, 6.07) is 22.2. The third kappa shape index (κ3) is 7.58. The molecule has 6 rings (SSSR count). The van der Waals surface area contributed by atoms with Crippen molar-refractivity contribution in [3.8, 4) is 22.5 Å². The molecule has 0 atom stereocenters. The second-order valence-corrected chi connectivity index (χ2v) is 12.5. The van der Waals surface area contributed by atoms with Crippen molar-refractivity contribution in [3.05, 3.63) is 95.9 Å². The molecule has 0 unspecified atom stereocenters. The van der Waals surface area contributed by atoms with E-state index in [2.05, 4.69) is 41.4 Å². The van der Waals surface area contributed by atoms with Gasteiger partial charge in [0.2, 0.25) is 5.91 Å². The van der Waals surface area contributed by atoms with E-state index in [4.69, 9.17) is 4.98 Å². The Kier molecular flexibility index (Phi) is 9.74. The van der Waals surface area contributed by atoms with Crippen LogP contribution in [0.3, 0.4) is 0 Å². The highest BCUT2D eigenvalue weighted by atomic mass is 32.2. The molecule has 1 aliphatic heterocycles. The maximum atomic E-state index is 13.7. The highest BCUT2D eigenvalue weighted by molar-refractivity contribution is 7.98. The van der Waals surface area contributed by atoms with Gasteiger partial charge in [-0.3, -0.25) is 4.79 Å². The molecule has 0 bridgehead atoms. The summed E-state index contributed by atoms with van der Waals surface area (Å²) in [5.41, 5.74) is 8.89. The van der Waals surface area contributed by atoms with Crippen molar-refractivity contribution >= 4 is 46.2 Å². The maximum Gasteiger partial charge on any atom is 0.224 e. The lowest BCUT2D eigenvalue weighted by Gasteiger charge is -2.15. The number of thioether (sulfide) groups is 1. The number of nitrogens with zero attached hydrogens (tertiary/aromatic N) is 6. The van der Waals surface area contributed by atoms with E-state index >= 15 is 0 Å². The monoisotopic (exact) mass is 648 g/mol. The number of imidazole rings is 1. The number of fused-ring (bicyclic) bond motifs is 2. The van der Waals surface area contributed by atoms with Gasteiger partial charge in [-0.2, -0.15) is 10.2 Å². The summed E-state index contributed by atoms with van der Waals surface area (Å²) < 4.78 is 15.7. The second-order valence-electron chi connectivity index (χ2n) is 11.8. The molecular weight excluding hydrogens is 612 g/mol. The molecule has 0 aliphatic carbocycles. The second kappa shape index (κ2) is 14.3. The van der Waals surface area contributed by atoms with Crippen LogP contribution in [0, 0.1) is 5.82 Å². The quantitative estimate of drug-likeness (QED) is 0.147. The average molecular weight is 649 g/mol. The van der Waals surface area contributed by atoms with Gasteiger partial charge in [0, 0.05) is 42.2 Å². The third-order valence-corrected chi connectivity index (χ3v) is 8.77. The lowest BCUT2D eigenvalue weighted by molar-refractivity contribution is -0.116. The zero-order valence-electron chi connectivity index (χ0n) is 26.9. The number of azo groups is 1. The normalized spacial score (nSPS) is 12.3. The smallest absolute Gasteiger partial charge is 0.224 e. The predicted molar refractivity (Wildman–Crippen MR) is 188 cm³/mol. The summed E-state index contributed by atoms with van der Waals surface area (Å²) in [6.45, 7) is 0.873. The van der Waals surface area contributed by atoms with E-state index in [9.17, 15) is 9.18 Å². The summed E-state index contributed by atoms with van der Waals surface area (Å²) >= 11 is 1.56. The van der Waals surface area contributed by atoms with Crippen LogP contribution >= 0.6 is 11.8 Å². The molecule has 0 radical (unpaired) electrons. The number of aromatic nitrogens is 3. The molecule has 0 spiro atoms. The van der Waals surface area contributed by atoms with Crippen LogP contribution in [0.5, 0.6) is 0 Å². The van der Waals surface area contributed by atoms with Gasteiger partial charge in [0.25, 0.3) is 0 Å². The zero-order valence-corrected chi connectivity index (χ0v) is 27.7. The number of aryl methyl sites for hydroxylation is 2. The highest BCUT2D eigenvalue weighted by Gasteiger charge is 2.19. The topological polar surface area (TPSA) is 99.8 Å². The number of nitrogens with one attached hydrogen (secondary N) is 2. The Bertz CT molecular complexity index is 1940. The van der Waals surface area contributed by atoms with Gasteiger partial charge < -0.3 is 20.1 Å². The van der Waals surface area contributed by atoms with Crippen molar-refractivity contribution in [3.63, 3.8) is 0 Å². The fraction of sp³-hybridized carbons (Fsp3) is 0.250. The molecule has 11 heteroatoms. The molecule has 0 saturated carbocycles. The van der Waals surface area contributed by atoms with Crippen LogP contribution in [0.4, 0.5) is 33.0 Å². The van der Waals surface area contributed by atoms with E-state index in [1.807, 2.05) is 69.9 Å². The first-order valence-electron chi connectivity index (χ1n) is 15.5. The minimum atomic E-state index is -0.284. The van der Waals surface area contributed by atoms with Gasteiger partial charge in [-0.25, -0.2) is 14.4 Å². The Morgan fingerprint density at radius 1 is 0.915 bits per heavy atom. The zero-order chi connectivity index (χ0) is 32.9. The van der Waals surface area contributed by atoms with Crippen LogP contribution in [0.2, 0.25) is 0 Å². The van der Waals surface area contributed by atoms with Crippen LogP contribution < -0.4 is 10.6 Å². The molecule has 1 aliphatic rings. The minimum absolute atomic E-state index is 0.0118. The van der Waals surface area contributed by atoms with Gasteiger partial charge >= 0.3 is 0 Å². The molecule has 3 heterocycles. The summed E-state index contributed by atoms with van der Waals surface area (Å²) in [7, 11) is 6.00. The van der Waals surface area contributed by atoms with Gasteiger partial charge in [-0.05, 0) is 130 Å². The summed E-state index contributed by atoms with van der Waals surface area (Å²) in [4.78, 5) is 24.0. The molecule has 5 aromatic rings. The number of carbonyl (C=O) groups excluding carboxylic acids is 1. The van der Waals surface area contributed by atoms with Crippen LogP contribution in [0.1, 0.15) is 24.0 Å². The van der Waals surface area contributed by atoms with Crippen LogP contribution in [0.15, 0.2) is 94.4 Å². The summed E-state index contributed by atoms with van der Waals surface area (Å²) in [5.74, 6) is 0.412. The van der Waals surface area contributed by atoms with Crippen molar-refractivity contribution in [2.45, 2.75) is 30.8 Å². The molecule has 2 aromatic heterocycles. The minimum Gasteiger partial charge on any atom is -0.340 e. The fourth-order valence-electron chi connectivity index (χ4n) is 5.67. The molecule has 240 valence electrons. The number of hydrogen-bond acceptors (Lipinski definition) is 8. The first-order valence-corrected chi connectivity index (χ1v) is 16.7. The molecule has 0 fully saturated rings. The van der Waals surface area contributed by atoms with Crippen molar-refractivity contribution in [2.75, 3.05) is 37.5 Å². The largest absolute Gasteiger partial charge is 0.340 e. The van der Waals surface area contributed by atoms with E-state index in [0.717, 1.165) is 87.4 Å². The van der Waals surface area contributed by atoms with Crippen molar-refractivity contribution in [2.24, 2.45) is 17.3 Å². The Hall–Kier alpha value is -4.87. The van der Waals surface area contributed by atoms with E-state index < -0.39 is 0 Å². The number of halogens is 1. The number of benzene rings is 3. The molecule has 3 aromatic carbocycles. The maximum absolute atomic E-state index is 13.7. The standard InChI is InChI=1S/C36H37FN8OS/c1-44(2)19-5-6-33(46)40-29-14-16-31-25(21-29)8-7-24-20-28(13-15-30(24)42-43-31)39-32-22-26(17-18-38-32)35-34(41-36(47-4)45(35)3)23-9-11-27(37)12-10-23/h9-18,20-22H,5-8,19H2,1-4H3,(H,38,39)(H,40,46). The number of pyridine rings is 1. The fourth-order valence-corrected chi connectivity index (χ4v) is 6.22. The van der Waals surface area contributed by atoms with Gasteiger partial charge in [0.15, 0.2) is 5.16 Å². The van der Waals surface area contributed by atoms with E-state index in [1.165, 1.54) is 12.1 Å². The molecular formula is C36H37FN8OS. The first kappa shape index (κ1) is 32.1. The number of amides is 1. The highest BCUT2D eigenvalue weighted by Crippen LogP contribution is 2.37. The third-order valence-electron chi connectivity index (χ3n) is 8.04. The molecule has 2 N–H and O–H groups in total. The van der Waals surface area contributed by atoms with Crippen LogP contribution in [-0.2, 0) is 24.7 Å². The number of hydrogen-bond donors (Lipinski definition) is 2. The lowest BCUT2D eigenvalue weighted by atomic mass is 10.00. The number of anilines is 3. The van der Waals surface area contributed by atoms with Gasteiger partial charge in [-0.15, -0.1) is 0 Å². The summed E-state index contributed by atoms with van der Waals surface area (Å²) in [6.07, 6.45) is 6.57.